The lowest BCUT2D eigenvalue weighted by molar-refractivity contribution is -0.0557. The third-order valence-electron chi connectivity index (χ3n) is 2.56. The lowest BCUT2D eigenvalue weighted by Gasteiger charge is -2.32. The summed E-state index contributed by atoms with van der Waals surface area (Å²) in [5.74, 6) is -2.32. The molecule has 1 saturated carbocycles. The Balaban J connectivity index is 2.44. The molecule has 2 N–H and O–H groups in total. The van der Waals surface area contributed by atoms with Crippen LogP contribution in [0.1, 0.15) is 46.0 Å². The molecule has 1 rings (SSSR count). The Morgan fingerprint density at radius 3 is 2.54 bits per heavy atom. The molecule has 0 bridgehead atoms. The summed E-state index contributed by atoms with van der Waals surface area (Å²) in [6, 6.07) is 0. The van der Waals surface area contributed by atoms with Crippen molar-refractivity contribution >= 4 is 0 Å². The average Bonchev–Trinajstić information content (AvgIpc) is 1.79. The summed E-state index contributed by atoms with van der Waals surface area (Å²) in [6.45, 7) is 3.81. The second-order valence-corrected chi connectivity index (χ2v) is 5.01. The van der Waals surface area contributed by atoms with E-state index in [0.29, 0.717) is 12.8 Å². The molecule has 0 aliphatic heterocycles. The Kier molecular flexibility index (Phi) is 2.95. The number of hydrogen-bond donors (Lipinski definition) is 1. The van der Waals surface area contributed by atoms with Crippen molar-refractivity contribution < 1.29 is 8.78 Å². The number of alkyl halides is 2. The van der Waals surface area contributed by atoms with Crippen molar-refractivity contribution in [1.82, 2.24) is 0 Å². The Hall–Kier alpha value is -0.180. The van der Waals surface area contributed by atoms with Gasteiger partial charge in [0, 0.05) is 18.4 Å². The molecule has 0 spiro atoms. The summed E-state index contributed by atoms with van der Waals surface area (Å²) >= 11 is 0. The molecule has 1 aliphatic rings. The maximum Gasteiger partial charge on any atom is 0.248 e. The van der Waals surface area contributed by atoms with E-state index in [1.807, 2.05) is 13.8 Å². The molecule has 13 heavy (non-hydrogen) atoms. The van der Waals surface area contributed by atoms with Crippen LogP contribution in [0.25, 0.3) is 0 Å². The summed E-state index contributed by atoms with van der Waals surface area (Å²) < 4.78 is 26.0. The lowest BCUT2D eigenvalue weighted by atomic mass is 9.79. The van der Waals surface area contributed by atoms with Crippen molar-refractivity contribution in [2.45, 2.75) is 57.4 Å². The van der Waals surface area contributed by atoms with E-state index in [9.17, 15) is 8.78 Å². The van der Waals surface area contributed by atoms with Gasteiger partial charge < -0.3 is 5.73 Å². The van der Waals surface area contributed by atoms with Crippen molar-refractivity contribution in [2.24, 2.45) is 11.7 Å². The quantitative estimate of drug-likeness (QED) is 0.713. The summed E-state index contributed by atoms with van der Waals surface area (Å²) in [4.78, 5) is 0. The van der Waals surface area contributed by atoms with Gasteiger partial charge in [0.2, 0.25) is 5.92 Å². The van der Waals surface area contributed by atoms with Gasteiger partial charge >= 0.3 is 0 Å². The summed E-state index contributed by atoms with van der Waals surface area (Å²) in [6.07, 6.45) is 2.37. The first-order chi connectivity index (χ1) is 5.79. The van der Waals surface area contributed by atoms with Gasteiger partial charge in [-0.15, -0.1) is 0 Å². The minimum Gasteiger partial charge on any atom is -0.326 e. The normalized spacial score (nSPS) is 28.8. The summed E-state index contributed by atoms with van der Waals surface area (Å²) in [7, 11) is 0. The van der Waals surface area contributed by atoms with Crippen LogP contribution in [0, 0.1) is 5.92 Å². The molecule has 0 aromatic carbocycles. The first-order valence-corrected chi connectivity index (χ1v) is 4.95. The average molecular weight is 191 g/mol. The Morgan fingerprint density at radius 2 is 2.08 bits per heavy atom. The number of hydrogen-bond acceptors (Lipinski definition) is 1. The topological polar surface area (TPSA) is 26.0 Å². The zero-order valence-electron chi connectivity index (χ0n) is 8.45. The smallest absolute Gasteiger partial charge is 0.248 e. The van der Waals surface area contributed by atoms with E-state index in [1.165, 1.54) is 0 Å². The van der Waals surface area contributed by atoms with Crippen LogP contribution in [0.2, 0.25) is 0 Å². The molecular formula is C10H19F2N. The van der Waals surface area contributed by atoms with Crippen LogP contribution in [0.4, 0.5) is 8.78 Å². The van der Waals surface area contributed by atoms with E-state index in [0.717, 1.165) is 6.42 Å². The van der Waals surface area contributed by atoms with Crippen molar-refractivity contribution in [1.29, 1.82) is 0 Å². The van der Waals surface area contributed by atoms with E-state index >= 15 is 0 Å². The van der Waals surface area contributed by atoms with Crippen LogP contribution in [-0.4, -0.2) is 11.5 Å². The molecule has 1 nitrogen and oxygen atoms in total. The van der Waals surface area contributed by atoms with Gasteiger partial charge in [-0.3, -0.25) is 0 Å². The van der Waals surface area contributed by atoms with E-state index in [2.05, 4.69) is 0 Å². The molecule has 0 saturated heterocycles. The van der Waals surface area contributed by atoms with Crippen molar-refractivity contribution in [2.75, 3.05) is 0 Å². The largest absolute Gasteiger partial charge is 0.326 e. The fourth-order valence-electron chi connectivity index (χ4n) is 2.19. The SMILES string of the molecule is CC(C)(N)CC1CCCC(F)(F)C1. The van der Waals surface area contributed by atoms with Gasteiger partial charge in [0.05, 0.1) is 0 Å². The molecule has 1 aliphatic carbocycles. The number of rotatable bonds is 2. The predicted octanol–water partition coefficient (Wildman–Crippen LogP) is 2.94. The molecule has 78 valence electrons. The molecule has 0 amide bonds. The van der Waals surface area contributed by atoms with Gasteiger partial charge in [-0.2, -0.15) is 0 Å². The Morgan fingerprint density at radius 1 is 1.46 bits per heavy atom. The van der Waals surface area contributed by atoms with Crippen molar-refractivity contribution in [3.63, 3.8) is 0 Å². The van der Waals surface area contributed by atoms with Crippen LogP contribution in [-0.2, 0) is 0 Å². The predicted molar refractivity (Wildman–Crippen MR) is 49.8 cm³/mol. The number of nitrogens with two attached hydrogens (primary N) is 1. The highest BCUT2D eigenvalue weighted by Gasteiger charge is 2.37. The van der Waals surface area contributed by atoms with Gasteiger partial charge in [0.15, 0.2) is 0 Å². The van der Waals surface area contributed by atoms with E-state index in [1.54, 1.807) is 0 Å². The lowest BCUT2D eigenvalue weighted by Crippen LogP contribution is -2.37. The van der Waals surface area contributed by atoms with Gasteiger partial charge in [-0.25, -0.2) is 8.78 Å². The number of halogens is 2. The molecule has 1 unspecified atom stereocenters. The second-order valence-electron chi connectivity index (χ2n) is 5.01. The summed E-state index contributed by atoms with van der Waals surface area (Å²) in [5.41, 5.74) is 5.50. The van der Waals surface area contributed by atoms with Gasteiger partial charge in [0.1, 0.15) is 0 Å². The van der Waals surface area contributed by atoms with Crippen LogP contribution in [0.3, 0.4) is 0 Å². The van der Waals surface area contributed by atoms with Gasteiger partial charge in [-0.05, 0) is 39.0 Å². The third kappa shape index (κ3) is 4.03. The van der Waals surface area contributed by atoms with Crippen LogP contribution in [0.15, 0.2) is 0 Å². The first kappa shape index (κ1) is 10.9. The van der Waals surface area contributed by atoms with E-state index in [4.69, 9.17) is 5.73 Å². The van der Waals surface area contributed by atoms with Gasteiger partial charge in [0.25, 0.3) is 0 Å². The highest BCUT2D eigenvalue weighted by atomic mass is 19.3. The summed E-state index contributed by atoms with van der Waals surface area (Å²) in [5, 5.41) is 0. The minimum atomic E-state index is -2.44. The van der Waals surface area contributed by atoms with E-state index < -0.39 is 5.92 Å². The molecule has 1 atom stereocenters. The Bertz CT molecular complexity index is 170. The van der Waals surface area contributed by atoms with Crippen LogP contribution >= 0.6 is 0 Å². The van der Waals surface area contributed by atoms with Crippen LogP contribution in [0.5, 0.6) is 0 Å². The van der Waals surface area contributed by atoms with E-state index in [-0.39, 0.29) is 24.3 Å². The monoisotopic (exact) mass is 191 g/mol. The molecule has 0 heterocycles. The molecular weight excluding hydrogens is 172 g/mol. The molecule has 1 fully saturated rings. The zero-order valence-corrected chi connectivity index (χ0v) is 8.45. The highest BCUT2D eigenvalue weighted by Crippen LogP contribution is 2.39. The van der Waals surface area contributed by atoms with Crippen molar-refractivity contribution in [3.8, 4) is 0 Å². The van der Waals surface area contributed by atoms with Gasteiger partial charge in [-0.1, -0.05) is 0 Å². The van der Waals surface area contributed by atoms with Crippen molar-refractivity contribution in [3.05, 3.63) is 0 Å². The maximum absolute atomic E-state index is 13.0. The highest BCUT2D eigenvalue weighted by molar-refractivity contribution is 4.84. The molecule has 0 aromatic rings. The molecule has 3 heteroatoms. The second kappa shape index (κ2) is 3.52. The fraction of sp³-hybridized carbons (Fsp3) is 1.00. The first-order valence-electron chi connectivity index (χ1n) is 4.95. The molecule has 0 aromatic heterocycles. The zero-order chi connectivity index (χ0) is 10.1. The molecule has 0 radical (unpaired) electrons. The maximum atomic E-state index is 13.0. The standard InChI is InChI=1S/C10H19F2N/c1-9(2,13)6-8-4-3-5-10(11,12)7-8/h8H,3-7,13H2,1-2H3. The minimum absolute atomic E-state index is 0.0353. The van der Waals surface area contributed by atoms with Crippen LogP contribution < -0.4 is 5.73 Å². The fourth-order valence-corrected chi connectivity index (χ4v) is 2.19. The Labute approximate surface area is 78.7 Å². The third-order valence-corrected chi connectivity index (χ3v) is 2.56.